The van der Waals surface area contributed by atoms with E-state index in [2.05, 4.69) is 15.7 Å². The number of aromatic nitrogens is 2. The van der Waals surface area contributed by atoms with Crippen LogP contribution in [0, 0.1) is 13.8 Å². The fourth-order valence-electron chi connectivity index (χ4n) is 2.67. The molecule has 0 spiro atoms. The van der Waals surface area contributed by atoms with E-state index in [1.807, 2.05) is 26.0 Å². The van der Waals surface area contributed by atoms with E-state index in [4.69, 9.17) is 16.3 Å². The number of nitrogens with zero attached hydrogens (tertiary/aromatic N) is 2. The molecule has 1 aromatic carbocycles. The topological polar surface area (TPSA) is 85.2 Å². The SMILES string of the molecule is Cc1ccc(C)n1NC(=O)c1ccc(O[C@H](C)C(=O)Nc2cccnc2Cl)cc1. The molecule has 150 valence electrons. The molecule has 2 heterocycles. The van der Waals surface area contributed by atoms with Crippen molar-refractivity contribution >= 4 is 29.1 Å². The number of ether oxygens (including phenoxy) is 1. The number of halogens is 1. The minimum absolute atomic E-state index is 0.205. The molecular weight excluding hydrogens is 392 g/mol. The summed E-state index contributed by atoms with van der Waals surface area (Å²) in [5.41, 5.74) is 5.60. The molecule has 0 aliphatic heterocycles. The maximum Gasteiger partial charge on any atom is 0.270 e. The molecule has 29 heavy (non-hydrogen) atoms. The largest absolute Gasteiger partial charge is 0.481 e. The first kappa shape index (κ1) is 20.4. The van der Waals surface area contributed by atoms with Gasteiger partial charge in [-0.15, -0.1) is 0 Å². The number of carbonyl (C=O) groups is 2. The van der Waals surface area contributed by atoms with Crippen LogP contribution in [0.25, 0.3) is 0 Å². The highest BCUT2D eigenvalue weighted by Gasteiger charge is 2.17. The molecule has 7 nitrogen and oxygen atoms in total. The summed E-state index contributed by atoms with van der Waals surface area (Å²) in [6.07, 6.45) is 0.769. The highest BCUT2D eigenvalue weighted by Crippen LogP contribution is 2.19. The zero-order valence-electron chi connectivity index (χ0n) is 16.3. The molecule has 0 unspecified atom stereocenters. The van der Waals surface area contributed by atoms with Crippen LogP contribution in [0.5, 0.6) is 5.75 Å². The third-order valence-electron chi connectivity index (χ3n) is 4.30. The molecule has 0 saturated heterocycles. The van der Waals surface area contributed by atoms with Gasteiger partial charge in [0, 0.05) is 23.1 Å². The fourth-order valence-corrected chi connectivity index (χ4v) is 2.83. The molecule has 0 fully saturated rings. The summed E-state index contributed by atoms with van der Waals surface area (Å²) in [4.78, 5) is 28.6. The third-order valence-corrected chi connectivity index (χ3v) is 4.60. The van der Waals surface area contributed by atoms with Gasteiger partial charge in [-0.25, -0.2) is 4.98 Å². The van der Waals surface area contributed by atoms with Gasteiger partial charge < -0.3 is 10.1 Å². The summed E-state index contributed by atoms with van der Waals surface area (Å²) in [6, 6.07) is 13.8. The minimum atomic E-state index is -0.767. The van der Waals surface area contributed by atoms with Gasteiger partial charge in [0.15, 0.2) is 11.3 Å². The number of benzene rings is 1. The Morgan fingerprint density at radius 3 is 2.34 bits per heavy atom. The number of aryl methyl sites for hydroxylation is 2. The minimum Gasteiger partial charge on any atom is -0.481 e. The standard InChI is InChI=1S/C21H21ClN4O3/c1-13-6-7-14(2)26(13)25-21(28)16-8-10-17(11-9-16)29-15(3)20(27)24-18-5-4-12-23-19(18)22/h4-12,15H,1-3H3,(H,24,27)(H,25,28)/t15-/m1/s1. The number of nitrogens with one attached hydrogen (secondary N) is 2. The van der Waals surface area contributed by atoms with Gasteiger partial charge in [-0.05, 0) is 69.3 Å². The van der Waals surface area contributed by atoms with Gasteiger partial charge in [-0.3, -0.25) is 19.7 Å². The van der Waals surface area contributed by atoms with Crippen molar-refractivity contribution in [2.45, 2.75) is 26.9 Å². The Balaban J connectivity index is 1.60. The summed E-state index contributed by atoms with van der Waals surface area (Å²) in [6.45, 7) is 5.45. The van der Waals surface area contributed by atoms with E-state index >= 15 is 0 Å². The second-order valence-corrected chi connectivity index (χ2v) is 6.87. The fraction of sp³-hybridized carbons (Fsp3) is 0.190. The molecule has 0 aliphatic carbocycles. The van der Waals surface area contributed by atoms with Gasteiger partial charge in [-0.1, -0.05) is 11.6 Å². The Morgan fingerprint density at radius 2 is 1.72 bits per heavy atom. The van der Waals surface area contributed by atoms with Crippen LogP contribution in [0.3, 0.4) is 0 Å². The van der Waals surface area contributed by atoms with Crippen molar-refractivity contribution in [3.63, 3.8) is 0 Å². The van der Waals surface area contributed by atoms with E-state index < -0.39 is 6.10 Å². The van der Waals surface area contributed by atoms with Gasteiger partial charge in [-0.2, -0.15) is 0 Å². The van der Waals surface area contributed by atoms with Gasteiger partial charge in [0.25, 0.3) is 11.8 Å². The maximum absolute atomic E-state index is 12.4. The molecule has 0 bridgehead atoms. The molecular formula is C21H21ClN4O3. The molecule has 8 heteroatoms. The number of hydrogen-bond donors (Lipinski definition) is 2. The van der Waals surface area contributed by atoms with Gasteiger partial charge >= 0.3 is 0 Å². The average Bonchev–Trinajstić information content (AvgIpc) is 3.02. The quantitative estimate of drug-likeness (QED) is 0.600. The molecule has 2 aromatic heterocycles. The lowest BCUT2D eigenvalue weighted by Crippen LogP contribution is -2.30. The Morgan fingerprint density at radius 1 is 1.07 bits per heavy atom. The van der Waals surface area contributed by atoms with Crippen molar-refractivity contribution < 1.29 is 14.3 Å². The first-order valence-corrected chi connectivity index (χ1v) is 9.37. The molecule has 2 amide bonds. The van der Waals surface area contributed by atoms with Crippen molar-refractivity contribution in [2.75, 3.05) is 10.7 Å². The van der Waals surface area contributed by atoms with Crippen LogP contribution in [-0.4, -0.2) is 27.6 Å². The molecule has 3 rings (SSSR count). The Labute approximate surface area is 173 Å². The monoisotopic (exact) mass is 412 g/mol. The van der Waals surface area contributed by atoms with E-state index in [0.29, 0.717) is 17.0 Å². The number of anilines is 1. The lowest BCUT2D eigenvalue weighted by molar-refractivity contribution is -0.122. The zero-order chi connectivity index (χ0) is 21.0. The third kappa shape index (κ3) is 4.94. The van der Waals surface area contributed by atoms with Gasteiger partial charge in [0.05, 0.1) is 5.69 Å². The van der Waals surface area contributed by atoms with E-state index in [-0.39, 0.29) is 17.0 Å². The van der Waals surface area contributed by atoms with Crippen LogP contribution in [0.15, 0.2) is 54.7 Å². The molecule has 3 aromatic rings. The van der Waals surface area contributed by atoms with E-state index in [9.17, 15) is 9.59 Å². The Hall–Kier alpha value is -3.32. The van der Waals surface area contributed by atoms with Crippen LogP contribution in [-0.2, 0) is 4.79 Å². The Kier molecular flexibility index (Phi) is 6.19. The van der Waals surface area contributed by atoms with E-state index in [1.54, 1.807) is 48.0 Å². The maximum atomic E-state index is 12.4. The molecule has 0 aliphatic rings. The van der Waals surface area contributed by atoms with E-state index in [1.165, 1.54) is 6.20 Å². The second kappa shape index (κ2) is 8.79. The number of pyridine rings is 1. The van der Waals surface area contributed by atoms with Crippen molar-refractivity contribution in [3.8, 4) is 5.75 Å². The zero-order valence-corrected chi connectivity index (χ0v) is 17.0. The molecule has 2 N–H and O–H groups in total. The van der Waals surface area contributed by atoms with Crippen molar-refractivity contribution in [3.05, 3.63) is 76.8 Å². The highest BCUT2D eigenvalue weighted by molar-refractivity contribution is 6.32. The first-order chi connectivity index (χ1) is 13.8. The number of hydrogen-bond acceptors (Lipinski definition) is 4. The van der Waals surface area contributed by atoms with E-state index in [0.717, 1.165) is 11.4 Å². The molecule has 0 saturated carbocycles. The smallest absolute Gasteiger partial charge is 0.270 e. The summed E-state index contributed by atoms with van der Waals surface area (Å²) < 4.78 is 7.38. The van der Waals surface area contributed by atoms with Crippen LogP contribution in [0.1, 0.15) is 28.7 Å². The van der Waals surface area contributed by atoms with Crippen molar-refractivity contribution in [1.29, 1.82) is 0 Å². The average molecular weight is 413 g/mol. The lowest BCUT2D eigenvalue weighted by atomic mass is 10.2. The van der Waals surface area contributed by atoms with Gasteiger partial charge in [0.2, 0.25) is 0 Å². The normalized spacial score (nSPS) is 11.6. The predicted molar refractivity (Wildman–Crippen MR) is 112 cm³/mol. The number of carbonyl (C=O) groups excluding carboxylic acids is 2. The molecule has 1 atom stereocenters. The van der Waals surface area contributed by atoms with Crippen LogP contribution >= 0.6 is 11.6 Å². The summed E-state index contributed by atoms with van der Waals surface area (Å²) in [7, 11) is 0. The van der Waals surface area contributed by atoms with Crippen molar-refractivity contribution in [1.82, 2.24) is 9.66 Å². The summed E-state index contributed by atoms with van der Waals surface area (Å²) in [5.74, 6) is -0.133. The van der Waals surface area contributed by atoms with Gasteiger partial charge in [0.1, 0.15) is 5.75 Å². The second-order valence-electron chi connectivity index (χ2n) is 6.51. The van der Waals surface area contributed by atoms with Crippen molar-refractivity contribution in [2.24, 2.45) is 0 Å². The lowest BCUT2D eigenvalue weighted by Gasteiger charge is -2.15. The summed E-state index contributed by atoms with van der Waals surface area (Å²) in [5, 5.41) is 2.88. The van der Waals surface area contributed by atoms with Crippen LogP contribution in [0.2, 0.25) is 5.15 Å². The Bertz CT molecular complexity index is 1010. The number of rotatable bonds is 6. The predicted octanol–water partition coefficient (Wildman–Crippen LogP) is 3.94. The van der Waals surface area contributed by atoms with Crippen LogP contribution in [0.4, 0.5) is 5.69 Å². The highest BCUT2D eigenvalue weighted by atomic mass is 35.5. The number of amides is 2. The first-order valence-electron chi connectivity index (χ1n) is 8.99. The molecule has 0 radical (unpaired) electrons. The summed E-state index contributed by atoms with van der Waals surface area (Å²) >= 11 is 5.94. The van der Waals surface area contributed by atoms with Crippen LogP contribution < -0.4 is 15.5 Å².